The molecule has 0 saturated heterocycles. The van der Waals surface area contributed by atoms with Crippen LogP contribution >= 0.6 is 0 Å². The Balaban J connectivity index is 2.09. The molecule has 0 unspecified atom stereocenters. The SMILES string of the molecule is Cc1cccc(CN(C)c2ccco2)c1. The van der Waals surface area contributed by atoms with Gasteiger partial charge in [-0.1, -0.05) is 29.8 Å². The Morgan fingerprint density at radius 1 is 1.20 bits per heavy atom. The molecule has 0 aliphatic rings. The van der Waals surface area contributed by atoms with Crippen molar-refractivity contribution in [3.8, 4) is 0 Å². The zero-order valence-electron chi connectivity index (χ0n) is 9.10. The lowest BCUT2D eigenvalue weighted by molar-refractivity contribution is 0.554. The maximum Gasteiger partial charge on any atom is 0.195 e. The molecule has 2 rings (SSSR count). The smallest absolute Gasteiger partial charge is 0.195 e. The van der Waals surface area contributed by atoms with Gasteiger partial charge in [-0.3, -0.25) is 0 Å². The van der Waals surface area contributed by atoms with E-state index < -0.39 is 0 Å². The van der Waals surface area contributed by atoms with Crippen LogP contribution in [0.4, 0.5) is 5.88 Å². The molecule has 0 N–H and O–H groups in total. The lowest BCUT2D eigenvalue weighted by Crippen LogP contribution is -2.15. The molecule has 0 amide bonds. The van der Waals surface area contributed by atoms with Crippen molar-refractivity contribution in [1.29, 1.82) is 0 Å². The third-order valence-corrected chi connectivity index (χ3v) is 2.38. The van der Waals surface area contributed by atoms with Gasteiger partial charge < -0.3 is 9.32 Å². The van der Waals surface area contributed by atoms with E-state index in [0.717, 1.165) is 12.4 Å². The molecule has 0 spiro atoms. The second-order valence-corrected chi connectivity index (χ2v) is 3.80. The van der Waals surface area contributed by atoms with E-state index in [1.807, 2.05) is 19.2 Å². The lowest BCUT2D eigenvalue weighted by Gasteiger charge is -2.15. The Morgan fingerprint density at radius 2 is 2.07 bits per heavy atom. The molecule has 2 heteroatoms. The van der Waals surface area contributed by atoms with Crippen LogP contribution < -0.4 is 4.90 Å². The molecule has 1 aromatic carbocycles. The van der Waals surface area contributed by atoms with Crippen LogP contribution in [0.3, 0.4) is 0 Å². The molecule has 2 nitrogen and oxygen atoms in total. The molecule has 1 aromatic heterocycles. The first-order valence-corrected chi connectivity index (χ1v) is 5.06. The van der Waals surface area contributed by atoms with Crippen LogP contribution in [0.2, 0.25) is 0 Å². The normalized spacial score (nSPS) is 10.3. The van der Waals surface area contributed by atoms with Gasteiger partial charge in [0.25, 0.3) is 0 Å². The number of furan rings is 1. The average Bonchev–Trinajstić information content (AvgIpc) is 2.70. The van der Waals surface area contributed by atoms with E-state index in [-0.39, 0.29) is 0 Å². The van der Waals surface area contributed by atoms with Crippen LogP contribution in [-0.2, 0) is 6.54 Å². The molecule has 0 aliphatic heterocycles. The first-order chi connectivity index (χ1) is 7.25. The topological polar surface area (TPSA) is 16.4 Å². The summed E-state index contributed by atoms with van der Waals surface area (Å²) in [6.07, 6.45) is 1.70. The van der Waals surface area contributed by atoms with Crippen LogP contribution in [0, 0.1) is 6.92 Å². The second-order valence-electron chi connectivity index (χ2n) is 3.80. The summed E-state index contributed by atoms with van der Waals surface area (Å²) < 4.78 is 5.32. The summed E-state index contributed by atoms with van der Waals surface area (Å²) in [4.78, 5) is 2.09. The molecule has 2 aromatic rings. The first kappa shape index (κ1) is 9.84. The van der Waals surface area contributed by atoms with E-state index in [1.54, 1.807) is 6.26 Å². The van der Waals surface area contributed by atoms with Crippen molar-refractivity contribution in [3.63, 3.8) is 0 Å². The maximum absolute atomic E-state index is 5.32. The van der Waals surface area contributed by atoms with Crippen molar-refractivity contribution >= 4 is 5.88 Å². The van der Waals surface area contributed by atoms with Gasteiger partial charge >= 0.3 is 0 Å². The van der Waals surface area contributed by atoms with Crippen LogP contribution in [0.5, 0.6) is 0 Å². The number of hydrogen-bond donors (Lipinski definition) is 0. The van der Waals surface area contributed by atoms with Crippen LogP contribution in [0.15, 0.2) is 47.1 Å². The molecule has 0 saturated carbocycles. The number of aryl methyl sites for hydroxylation is 1. The minimum absolute atomic E-state index is 0.870. The standard InChI is InChI=1S/C13H15NO/c1-11-5-3-6-12(9-11)10-14(2)13-7-4-8-15-13/h3-9H,10H2,1-2H3. The maximum atomic E-state index is 5.32. The zero-order valence-corrected chi connectivity index (χ0v) is 9.10. The van der Waals surface area contributed by atoms with E-state index in [4.69, 9.17) is 4.42 Å². The highest BCUT2D eigenvalue weighted by Gasteiger charge is 2.03. The molecule has 15 heavy (non-hydrogen) atoms. The average molecular weight is 201 g/mol. The van der Waals surface area contributed by atoms with Gasteiger partial charge in [-0.25, -0.2) is 0 Å². The van der Waals surface area contributed by atoms with Crippen molar-refractivity contribution in [1.82, 2.24) is 0 Å². The number of nitrogens with zero attached hydrogens (tertiary/aromatic N) is 1. The number of benzene rings is 1. The summed E-state index contributed by atoms with van der Waals surface area (Å²) in [6.45, 7) is 2.98. The van der Waals surface area contributed by atoms with Crippen molar-refractivity contribution < 1.29 is 4.42 Å². The molecule has 0 aliphatic carbocycles. The third-order valence-electron chi connectivity index (χ3n) is 2.38. The lowest BCUT2D eigenvalue weighted by atomic mass is 10.1. The minimum Gasteiger partial charge on any atom is -0.449 e. The summed E-state index contributed by atoms with van der Waals surface area (Å²) in [6, 6.07) is 12.4. The van der Waals surface area contributed by atoms with Gasteiger partial charge in [-0.05, 0) is 18.6 Å². The van der Waals surface area contributed by atoms with Crippen molar-refractivity contribution in [2.45, 2.75) is 13.5 Å². The monoisotopic (exact) mass is 201 g/mol. The van der Waals surface area contributed by atoms with Gasteiger partial charge in [0, 0.05) is 19.7 Å². The van der Waals surface area contributed by atoms with Gasteiger partial charge in [-0.15, -0.1) is 0 Å². The Kier molecular flexibility index (Phi) is 2.77. The van der Waals surface area contributed by atoms with Gasteiger partial charge in [0.05, 0.1) is 6.26 Å². The number of hydrogen-bond acceptors (Lipinski definition) is 2. The Bertz CT molecular complexity index is 420. The van der Waals surface area contributed by atoms with Crippen molar-refractivity contribution in [2.24, 2.45) is 0 Å². The second kappa shape index (κ2) is 4.22. The zero-order chi connectivity index (χ0) is 10.7. The summed E-state index contributed by atoms with van der Waals surface area (Å²) in [5.41, 5.74) is 2.59. The van der Waals surface area contributed by atoms with Gasteiger partial charge in [-0.2, -0.15) is 0 Å². The third kappa shape index (κ3) is 2.40. The van der Waals surface area contributed by atoms with E-state index in [9.17, 15) is 0 Å². The highest BCUT2D eigenvalue weighted by atomic mass is 16.3. The molecular weight excluding hydrogens is 186 g/mol. The van der Waals surface area contributed by atoms with E-state index in [1.165, 1.54) is 11.1 Å². The highest BCUT2D eigenvalue weighted by Crippen LogP contribution is 2.15. The Hall–Kier alpha value is -1.70. The van der Waals surface area contributed by atoms with Crippen LogP contribution in [-0.4, -0.2) is 7.05 Å². The van der Waals surface area contributed by atoms with Gasteiger partial charge in [0.2, 0.25) is 0 Å². The predicted molar refractivity (Wildman–Crippen MR) is 62.0 cm³/mol. The molecular formula is C13H15NO. The van der Waals surface area contributed by atoms with E-state index in [0.29, 0.717) is 0 Å². The highest BCUT2D eigenvalue weighted by molar-refractivity contribution is 5.35. The Morgan fingerprint density at radius 3 is 2.73 bits per heavy atom. The molecule has 78 valence electrons. The van der Waals surface area contributed by atoms with Crippen molar-refractivity contribution in [2.75, 3.05) is 11.9 Å². The molecule has 0 radical (unpaired) electrons. The van der Waals surface area contributed by atoms with Gasteiger partial charge in [0.1, 0.15) is 0 Å². The quantitative estimate of drug-likeness (QED) is 0.758. The number of anilines is 1. The largest absolute Gasteiger partial charge is 0.449 e. The van der Waals surface area contributed by atoms with Crippen LogP contribution in [0.1, 0.15) is 11.1 Å². The fraction of sp³-hybridized carbons (Fsp3) is 0.231. The summed E-state index contributed by atoms with van der Waals surface area (Å²) >= 11 is 0. The van der Waals surface area contributed by atoms with E-state index in [2.05, 4.69) is 36.1 Å². The van der Waals surface area contributed by atoms with Gasteiger partial charge in [0.15, 0.2) is 5.88 Å². The molecule has 0 bridgehead atoms. The Labute approximate surface area is 90.1 Å². The summed E-state index contributed by atoms with van der Waals surface area (Å²) in [7, 11) is 2.03. The predicted octanol–water partition coefficient (Wildman–Crippen LogP) is 3.22. The summed E-state index contributed by atoms with van der Waals surface area (Å²) in [5.74, 6) is 0.900. The van der Waals surface area contributed by atoms with E-state index >= 15 is 0 Å². The van der Waals surface area contributed by atoms with Crippen molar-refractivity contribution in [3.05, 3.63) is 53.8 Å². The minimum atomic E-state index is 0.870. The number of rotatable bonds is 3. The van der Waals surface area contributed by atoms with Crippen LogP contribution in [0.25, 0.3) is 0 Å². The first-order valence-electron chi connectivity index (χ1n) is 5.06. The summed E-state index contributed by atoms with van der Waals surface area (Å²) in [5, 5.41) is 0. The molecule has 1 heterocycles. The fourth-order valence-corrected chi connectivity index (χ4v) is 1.65. The molecule has 0 atom stereocenters. The fourth-order valence-electron chi connectivity index (χ4n) is 1.65. The molecule has 0 fully saturated rings.